The van der Waals surface area contributed by atoms with Crippen LogP contribution in [0.25, 0.3) is 0 Å². The molecule has 0 fully saturated rings. The first kappa shape index (κ1) is 16.0. The topological polar surface area (TPSA) is 76.8 Å². The zero-order valence-electron chi connectivity index (χ0n) is 11.4. The van der Waals surface area contributed by atoms with Crippen molar-refractivity contribution in [3.8, 4) is 0 Å². The molecule has 0 bridgehead atoms. The molecule has 0 aliphatic heterocycles. The van der Waals surface area contributed by atoms with Gasteiger partial charge < -0.3 is 15.7 Å². The van der Waals surface area contributed by atoms with Crippen molar-refractivity contribution in [3.63, 3.8) is 0 Å². The van der Waals surface area contributed by atoms with E-state index in [4.69, 9.17) is 0 Å². The van der Waals surface area contributed by atoms with Crippen LogP contribution >= 0.6 is 0 Å². The summed E-state index contributed by atoms with van der Waals surface area (Å²) in [6.45, 7) is 10.2. The number of hydrogen-bond acceptors (Lipinski definition) is 4. The number of rotatable bonds is 8. The van der Waals surface area contributed by atoms with Gasteiger partial charge in [0.1, 0.15) is 0 Å². The summed E-state index contributed by atoms with van der Waals surface area (Å²) in [6.07, 6.45) is 3.15. The maximum absolute atomic E-state index is 11.3. The standard InChI is InChI=1S/C11H26N4O2/c1-5-6-8-12-9-7-10-14(11(2,3)4)15(17)13-16/h12,16H,5-10H2,1-4H3/p-1/b15-13-. The summed E-state index contributed by atoms with van der Waals surface area (Å²) in [5.41, 5.74) is -0.390. The first-order valence-corrected chi connectivity index (χ1v) is 6.22. The highest BCUT2D eigenvalue weighted by Gasteiger charge is 2.27. The van der Waals surface area contributed by atoms with Crippen LogP contribution in [-0.4, -0.2) is 35.2 Å². The third-order valence-electron chi connectivity index (χ3n) is 2.48. The molecule has 0 saturated heterocycles. The normalized spacial score (nSPS) is 12.8. The molecular formula is C11H25N4O2-. The molecule has 0 heterocycles. The highest BCUT2D eigenvalue weighted by molar-refractivity contribution is 4.69. The number of nitrogens with zero attached hydrogens (tertiary/aromatic N) is 3. The Kier molecular flexibility index (Phi) is 7.61. The molecule has 6 nitrogen and oxygen atoms in total. The van der Waals surface area contributed by atoms with Crippen molar-refractivity contribution in [2.45, 2.75) is 52.5 Å². The van der Waals surface area contributed by atoms with Gasteiger partial charge in [-0.1, -0.05) is 13.3 Å². The van der Waals surface area contributed by atoms with E-state index in [1.54, 1.807) is 0 Å². The number of unbranched alkanes of at least 4 members (excludes halogenated alkanes) is 1. The van der Waals surface area contributed by atoms with Crippen LogP contribution in [0.1, 0.15) is 47.0 Å². The van der Waals surface area contributed by atoms with Crippen LogP contribution in [0, 0.1) is 10.4 Å². The van der Waals surface area contributed by atoms with Crippen LogP contribution in [-0.2, 0) is 0 Å². The van der Waals surface area contributed by atoms with Gasteiger partial charge in [0, 0.05) is 4.97 Å². The van der Waals surface area contributed by atoms with Gasteiger partial charge in [-0.05, 0) is 52.0 Å². The summed E-state index contributed by atoms with van der Waals surface area (Å²) < 4.78 is 0. The fourth-order valence-electron chi connectivity index (χ4n) is 1.50. The van der Waals surface area contributed by atoms with Crippen LogP contribution in [0.3, 0.4) is 0 Å². The summed E-state index contributed by atoms with van der Waals surface area (Å²) in [5.74, 6) is 0. The first-order chi connectivity index (χ1) is 7.93. The van der Waals surface area contributed by atoms with Gasteiger partial charge in [0.25, 0.3) is 0 Å². The van der Waals surface area contributed by atoms with E-state index in [0.717, 1.165) is 25.9 Å². The summed E-state index contributed by atoms with van der Waals surface area (Å²) >= 11 is 0. The molecule has 0 rings (SSSR count). The van der Waals surface area contributed by atoms with Gasteiger partial charge in [0.05, 0.1) is 12.1 Å². The van der Waals surface area contributed by atoms with Gasteiger partial charge in [-0.2, -0.15) is 0 Å². The van der Waals surface area contributed by atoms with E-state index < -0.39 is 0 Å². The monoisotopic (exact) mass is 245 g/mol. The van der Waals surface area contributed by atoms with Crippen molar-refractivity contribution in [1.82, 2.24) is 10.3 Å². The second-order valence-corrected chi connectivity index (χ2v) is 5.09. The van der Waals surface area contributed by atoms with Gasteiger partial charge in [0.2, 0.25) is 0 Å². The minimum atomic E-state index is -0.390. The molecule has 1 N–H and O–H groups in total. The molecule has 0 aromatic rings. The van der Waals surface area contributed by atoms with Gasteiger partial charge in [0.15, 0.2) is 0 Å². The van der Waals surface area contributed by atoms with Crippen LogP contribution < -0.4 is 5.32 Å². The Bertz CT molecular complexity index is 226. The molecule has 6 heteroatoms. The second kappa shape index (κ2) is 8.11. The van der Waals surface area contributed by atoms with Crippen molar-refractivity contribution in [2.24, 2.45) is 5.28 Å². The fourth-order valence-corrected chi connectivity index (χ4v) is 1.50. The van der Waals surface area contributed by atoms with Crippen molar-refractivity contribution >= 4 is 0 Å². The Balaban J connectivity index is 3.95. The summed E-state index contributed by atoms with van der Waals surface area (Å²) in [7, 11) is 0. The zero-order valence-corrected chi connectivity index (χ0v) is 11.4. The van der Waals surface area contributed by atoms with Crippen LogP contribution in [0.2, 0.25) is 0 Å². The minimum Gasteiger partial charge on any atom is -0.737 e. The van der Waals surface area contributed by atoms with E-state index >= 15 is 0 Å². The predicted octanol–water partition coefficient (Wildman–Crippen LogP) is 2.24. The smallest absolute Gasteiger partial charge is 0.0899 e. The highest BCUT2D eigenvalue weighted by Crippen LogP contribution is 2.13. The third kappa shape index (κ3) is 6.99. The second-order valence-electron chi connectivity index (χ2n) is 5.09. The predicted molar refractivity (Wildman–Crippen MR) is 68.3 cm³/mol. The Labute approximate surface area is 104 Å². The number of hydrazine groups is 1. The molecule has 0 aromatic carbocycles. The van der Waals surface area contributed by atoms with Crippen LogP contribution in [0.5, 0.6) is 0 Å². The van der Waals surface area contributed by atoms with E-state index in [9.17, 15) is 10.4 Å². The number of nitrogens with one attached hydrogen (secondary N) is 1. The molecule has 0 radical (unpaired) electrons. The van der Waals surface area contributed by atoms with Gasteiger partial charge in [-0.3, -0.25) is 0 Å². The lowest BCUT2D eigenvalue weighted by molar-refractivity contribution is -0.706. The van der Waals surface area contributed by atoms with Crippen LogP contribution in [0.15, 0.2) is 5.28 Å². The molecule has 102 valence electrons. The largest absolute Gasteiger partial charge is 0.737 e. The average molecular weight is 245 g/mol. The first-order valence-electron chi connectivity index (χ1n) is 6.22. The molecule has 0 aliphatic carbocycles. The van der Waals surface area contributed by atoms with Crippen LogP contribution in [0.4, 0.5) is 0 Å². The number of hydrogen-bond donors (Lipinski definition) is 1. The third-order valence-corrected chi connectivity index (χ3v) is 2.48. The lowest BCUT2D eigenvalue weighted by Crippen LogP contribution is -2.46. The van der Waals surface area contributed by atoms with E-state index in [1.807, 2.05) is 20.8 Å². The summed E-state index contributed by atoms with van der Waals surface area (Å²) in [6, 6.07) is 0. The molecule has 17 heavy (non-hydrogen) atoms. The summed E-state index contributed by atoms with van der Waals surface area (Å²) in [5, 5.41) is 28.7. The molecule has 0 aliphatic rings. The van der Waals surface area contributed by atoms with E-state index in [-0.39, 0.29) is 10.5 Å². The molecule has 0 unspecified atom stereocenters. The molecular weight excluding hydrogens is 220 g/mol. The van der Waals surface area contributed by atoms with Gasteiger partial charge in [-0.15, -0.1) is 5.01 Å². The molecule has 0 amide bonds. The Hall–Kier alpha value is -1.04. The molecule has 0 aromatic heterocycles. The Morgan fingerprint density at radius 1 is 1.24 bits per heavy atom. The maximum atomic E-state index is 11.3. The highest BCUT2D eigenvalue weighted by atomic mass is 16.6. The SMILES string of the molecule is CCCCNCCCN(/[N+]([O-])=N/[O-])C(C)(C)C. The molecule has 0 saturated carbocycles. The fraction of sp³-hybridized carbons (Fsp3) is 1.00. The van der Waals surface area contributed by atoms with Crippen molar-refractivity contribution in [1.29, 1.82) is 0 Å². The van der Waals surface area contributed by atoms with Crippen molar-refractivity contribution in [2.75, 3.05) is 19.6 Å². The quantitative estimate of drug-likeness (QED) is 0.308. The minimum absolute atomic E-state index is 0.145. The lowest BCUT2D eigenvalue weighted by atomic mass is 10.1. The summed E-state index contributed by atoms with van der Waals surface area (Å²) in [4.78, 5) is 0.145. The van der Waals surface area contributed by atoms with Crippen molar-refractivity contribution < 1.29 is 4.97 Å². The zero-order chi connectivity index (χ0) is 13.3. The lowest BCUT2D eigenvalue weighted by Gasteiger charge is -2.31. The van der Waals surface area contributed by atoms with E-state index in [1.165, 1.54) is 11.4 Å². The molecule has 0 spiro atoms. The Morgan fingerprint density at radius 3 is 2.29 bits per heavy atom. The molecule has 0 atom stereocenters. The van der Waals surface area contributed by atoms with Gasteiger partial charge in [-0.25, -0.2) is 0 Å². The van der Waals surface area contributed by atoms with Crippen molar-refractivity contribution in [3.05, 3.63) is 10.4 Å². The van der Waals surface area contributed by atoms with E-state index in [2.05, 4.69) is 17.5 Å². The Morgan fingerprint density at radius 2 is 1.82 bits per heavy atom. The average Bonchev–Trinajstić information content (AvgIpc) is 2.25. The van der Waals surface area contributed by atoms with Gasteiger partial charge >= 0.3 is 0 Å². The maximum Gasteiger partial charge on any atom is 0.0899 e. The van der Waals surface area contributed by atoms with E-state index in [0.29, 0.717) is 6.54 Å².